The predicted molar refractivity (Wildman–Crippen MR) is 72.2 cm³/mol. The van der Waals surface area contributed by atoms with Crippen molar-refractivity contribution in [2.24, 2.45) is 5.73 Å². The minimum Gasteiger partial charge on any atom is -0.328 e. The Morgan fingerprint density at radius 3 is 3.24 bits per heavy atom. The summed E-state index contributed by atoms with van der Waals surface area (Å²) < 4.78 is 1.32. The summed E-state index contributed by atoms with van der Waals surface area (Å²) in [6, 6.07) is 4.93. The number of nitrogens with two attached hydrogens (primary N) is 1. The van der Waals surface area contributed by atoms with Crippen LogP contribution in [-0.4, -0.2) is 29.5 Å². The number of pyridine rings is 1. The number of fused-ring (bicyclic) bond motifs is 1. The lowest BCUT2D eigenvalue weighted by molar-refractivity contribution is 0.169. The topological polar surface area (TPSA) is 42.1 Å². The molecule has 0 aromatic carbocycles. The summed E-state index contributed by atoms with van der Waals surface area (Å²) in [5.74, 6) is 0. The molecule has 0 aliphatic carbocycles. The third-order valence-corrected chi connectivity index (χ3v) is 4.58. The highest BCUT2D eigenvalue weighted by atomic mass is 32.1. The fraction of sp³-hybridized carbons (Fsp3) is 0.462. The summed E-state index contributed by atoms with van der Waals surface area (Å²) >= 11 is 1.78. The van der Waals surface area contributed by atoms with Crippen LogP contribution in [0.15, 0.2) is 23.7 Å². The number of hydrogen-bond acceptors (Lipinski definition) is 4. The molecule has 4 heteroatoms. The van der Waals surface area contributed by atoms with Crippen molar-refractivity contribution in [1.29, 1.82) is 0 Å². The monoisotopic (exact) mass is 247 g/mol. The van der Waals surface area contributed by atoms with Crippen molar-refractivity contribution >= 4 is 21.4 Å². The Labute approximate surface area is 105 Å². The largest absolute Gasteiger partial charge is 0.328 e. The molecule has 3 heterocycles. The maximum Gasteiger partial charge on any atom is 0.0753 e. The molecule has 3 nitrogen and oxygen atoms in total. The van der Waals surface area contributed by atoms with Crippen molar-refractivity contribution in [2.45, 2.75) is 24.9 Å². The summed E-state index contributed by atoms with van der Waals surface area (Å²) in [7, 11) is 2.17. The number of hydrogen-bond donors (Lipinski definition) is 1. The van der Waals surface area contributed by atoms with E-state index in [9.17, 15) is 0 Å². The molecule has 1 aliphatic heterocycles. The average Bonchev–Trinajstić information content (AvgIpc) is 2.80. The minimum absolute atomic E-state index is 0.313. The van der Waals surface area contributed by atoms with Gasteiger partial charge in [0.25, 0.3) is 0 Å². The van der Waals surface area contributed by atoms with Gasteiger partial charge in [-0.05, 0) is 49.3 Å². The van der Waals surface area contributed by atoms with Crippen molar-refractivity contribution in [3.8, 4) is 0 Å². The van der Waals surface area contributed by atoms with E-state index < -0.39 is 0 Å². The highest BCUT2D eigenvalue weighted by molar-refractivity contribution is 7.17. The Morgan fingerprint density at radius 1 is 1.47 bits per heavy atom. The van der Waals surface area contributed by atoms with E-state index in [4.69, 9.17) is 5.73 Å². The van der Waals surface area contributed by atoms with Crippen LogP contribution < -0.4 is 5.73 Å². The van der Waals surface area contributed by atoms with Crippen LogP contribution in [0.2, 0.25) is 0 Å². The third-order valence-electron chi connectivity index (χ3n) is 3.62. The molecule has 2 unspecified atom stereocenters. The van der Waals surface area contributed by atoms with Crippen LogP contribution in [0.25, 0.3) is 10.1 Å². The van der Waals surface area contributed by atoms with Gasteiger partial charge in [0.05, 0.1) is 16.4 Å². The molecule has 0 amide bonds. The molecule has 3 rings (SSSR count). The number of aromatic nitrogens is 1. The standard InChI is InChI=1S/C13H17N3S/c1-16-6-3-10(14)8-11(16)12-13-9(2-5-15-12)4-7-17-13/h2,4-5,7,10-11H,3,6,8,14H2,1H3. The van der Waals surface area contributed by atoms with E-state index in [0.717, 1.165) is 19.4 Å². The Balaban J connectivity index is 2.04. The first-order valence-electron chi connectivity index (χ1n) is 6.03. The second-order valence-corrected chi connectivity index (χ2v) is 5.73. The zero-order valence-corrected chi connectivity index (χ0v) is 10.8. The van der Waals surface area contributed by atoms with E-state index in [1.165, 1.54) is 15.8 Å². The quantitative estimate of drug-likeness (QED) is 0.841. The van der Waals surface area contributed by atoms with E-state index in [0.29, 0.717) is 12.1 Å². The molecule has 90 valence electrons. The maximum absolute atomic E-state index is 6.09. The Morgan fingerprint density at radius 2 is 2.35 bits per heavy atom. The molecule has 2 N–H and O–H groups in total. The summed E-state index contributed by atoms with van der Waals surface area (Å²) in [6.45, 7) is 1.06. The molecule has 1 saturated heterocycles. The van der Waals surface area contributed by atoms with Gasteiger partial charge in [0.15, 0.2) is 0 Å². The van der Waals surface area contributed by atoms with Crippen LogP contribution in [0.4, 0.5) is 0 Å². The van der Waals surface area contributed by atoms with Gasteiger partial charge < -0.3 is 5.73 Å². The number of thiophene rings is 1. The van der Waals surface area contributed by atoms with E-state index in [1.54, 1.807) is 11.3 Å². The van der Waals surface area contributed by atoms with Gasteiger partial charge >= 0.3 is 0 Å². The van der Waals surface area contributed by atoms with Crippen LogP contribution >= 0.6 is 11.3 Å². The normalized spacial score (nSPS) is 26.5. The van der Waals surface area contributed by atoms with Gasteiger partial charge in [-0.1, -0.05) is 0 Å². The summed E-state index contributed by atoms with van der Waals surface area (Å²) in [6.07, 6.45) is 4.02. The first-order chi connectivity index (χ1) is 8.25. The van der Waals surface area contributed by atoms with Gasteiger partial charge in [-0.2, -0.15) is 0 Å². The van der Waals surface area contributed by atoms with Gasteiger partial charge in [0.1, 0.15) is 0 Å². The molecule has 0 spiro atoms. The van der Waals surface area contributed by atoms with E-state index in [1.807, 2.05) is 6.20 Å². The lowest BCUT2D eigenvalue weighted by Gasteiger charge is -2.35. The van der Waals surface area contributed by atoms with Crippen molar-refractivity contribution < 1.29 is 0 Å². The second-order valence-electron chi connectivity index (χ2n) is 4.82. The Hall–Kier alpha value is -0.970. The number of nitrogens with zero attached hydrogens (tertiary/aromatic N) is 2. The second kappa shape index (κ2) is 4.37. The summed E-state index contributed by atoms with van der Waals surface area (Å²) in [5, 5.41) is 3.44. The summed E-state index contributed by atoms with van der Waals surface area (Å²) in [5.41, 5.74) is 7.30. The first-order valence-corrected chi connectivity index (χ1v) is 6.91. The van der Waals surface area contributed by atoms with Crippen molar-refractivity contribution in [3.63, 3.8) is 0 Å². The van der Waals surface area contributed by atoms with Crippen LogP contribution in [-0.2, 0) is 0 Å². The maximum atomic E-state index is 6.09. The Kier molecular flexibility index (Phi) is 2.86. The lowest BCUT2D eigenvalue weighted by Crippen LogP contribution is -2.40. The molecule has 2 aromatic heterocycles. The molecule has 0 bridgehead atoms. The molecule has 0 saturated carbocycles. The zero-order chi connectivity index (χ0) is 11.8. The Bertz CT molecular complexity index is 522. The van der Waals surface area contributed by atoms with E-state index in [2.05, 4.69) is 34.4 Å². The van der Waals surface area contributed by atoms with Gasteiger partial charge in [0, 0.05) is 12.2 Å². The first kappa shape index (κ1) is 11.1. The van der Waals surface area contributed by atoms with Crippen LogP contribution in [0.3, 0.4) is 0 Å². The fourth-order valence-electron chi connectivity index (χ4n) is 2.58. The van der Waals surface area contributed by atoms with E-state index >= 15 is 0 Å². The van der Waals surface area contributed by atoms with Crippen molar-refractivity contribution in [2.75, 3.05) is 13.6 Å². The molecule has 17 heavy (non-hydrogen) atoms. The predicted octanol–water partition coefficient (Wildman–Crippen LogP) is 2.39. The van der Waals surface area contributed by atoms with E-state index in [-0.39, 0.29) is 0 Å². The van der Waals surface area contributed by atoms with Gasteiger partial charge in [0.2, 0.25) is 0 Å². The molecule has 1 aliphatic rings. The highest BCUT2D eigenvalue weighted by Gasteiger charge is 2.27. The minimum atomic E-state index is 0.313. The van der Waals surface area contributed by atoms with Gasteiger partial charge in [-0.15, -0.1) is 11.3 Å². The molecule has 2 atom stereocenters. The average molecular weight is 247 g/mol. The van der Waals surface area contributed by atoms with Crippen LogP contribution in [0.5, 0.6) is 0 Å². The number of rotatable bonds is 1. The molecule has 2 aromatic rings. The lowest BCUT2D eigenvalue weighted by atomic mass is 9.95. The molecular weight excluding hydrogens is 230 g/mol. The highest BCUT2D eigenvalue weighted by Crippen LogP contribution is 2.34. The molecular formula is C13H17N3S. The SMILES string of the molecule is CN1CCC(N)CC1c1nccc2ccsc12. The number of piperidine rings is 1. The zero-order valence-electron chi connectivity index (χ0n) is 9.97. The van der Waals surface area contributed by atoms with Gasteiger partial charge in [-0.25, -0.2) is 0 Å². The third kappa shape index (κ3) is 1.97. The molecule has 1 fully saturated rings. The fourth-order valence-corrected chi connectivity index (χ4v) is 3.52. The smallest absolute Gasteiger partial charge is 0.0753 e. The summed E-state index contributed by atoms with van der Waals surface area (Å²) in [4.78, 5) is 6.98. The molecule has 0 radical (unpaired) electrons. The van der Waals surface area contributed by atoms with Crippen molar-refractivity contribution in [1.82, 2.24) is 9.88 Å². The van der Waals surface area contributed by atoms with Gasteiger partial charge in [-0.3, -0.25) is 9.88 Å². The van der Waals surface area contributed by atoms with Crippen molar-refractivity contribution in [3.05, 3.63) is 29.4 Å². The number of likely N-dealkylation sites (tertiary alicyclic amines) is 1. The van der Waals surface area contributed by atoms with Crippen LogP contribution in [0.1, 0.15) is 24.6 Å². The van der Waals surface area contributed by atoms with Crippen LogP contribution in [0, 0.1) is 0 Å².